The van der Waals surface area contributed by atoms with Crippen molar-refractivity contribution in [3.63, 3.8) is 0 Å². The molecule has 1 aromatic carbocycles. The summed E-state index contributed by atoms with van der Waals surface area (Å²) in [5.41, 5.74) is 1.28. The third-order valence-electron chi connectivity index (χ3n) is 3.08. The van der Waals surface area contributed by atoms with Crippen LogP contribution in [0.5, 0.6) is 0 Å². The maximum atomic E-state index is 6.02. The van der Waals surface area contributed by atoms with Gasteiger partial charge in [0.05, 0.1) is 0 Å². The molecule has 1 rings (SSSR count). The lowest BCUT2D eigenvalue weighted by molar-refractivity contribution is 0.338. The quantitative estimate of drug-likeness (QED) is 0.803. The summed E-state index contributed by atoms with van der Waals surface area (Å²) in [5, 5.41) is 4.39. The smallest absolute Gasteiger partial charge is 0.0409 e. The summed E-state index contributed by atoms with van der Waals surface area (Å²) < 4.78 is 0. The zero-order valence-corrected chi connectivity index (χ0v) is 11.8. The van der Waals surface area contributed by atoms with Gasteiger partial charge < -0.3 is 10.2 Å². The Labute approximate surface area is 110 Å². The van der Waals surface area contributed by atoms with Gasteiger partial charge in [-0.15, -0.1) is 0 Å². The van der Waals surface area contributed by atoms with E-state index >= 15 is 0 Å². The fourth-order valence-corrected chi connectivity index (χ4v) is 2.01. The molecule has 1 aromatic rings. The number of hydrogen-bond acceptors (Lipinski definition) is 2. The number of nitrogens with zero attached hydrogens (tertiary/aromatic N) is 1. The van der Waals surface area contributed by atoms with Crippen molar-refractivity contribution in [3.8, 4) is 0 Å². The average molecular weight is 255 g/mol. The van der Waals surface area contributed by atoms with Gasteiger partial charge in [-0.1, -0.05) is 37.6 Å². The normalized spacial score (nSPS) is 13.0. The van der Waals surface area contributed by atoms with Gasteiger partial charge in [0.25, 0.3) is 0 Å². The minimum Gasteiger partial charge on any atom is -0.309 e. The van der Waals surface area contributed by atoms with Crippen LogP contribution in [0.3, 0.4) is 0 Å². The molecule has 0 saturated carbocycles. The molecule has 0 spiro atoms. The van der Waals surface area contributed by atoms with Gasteiger partial charge in [0, 0.05) is 24.2 Å². The van der Waals surface area contributed by atoms with E-state index < -0.39 is 0 Å². The maximum Gasteiger partial charge on any atom is 0.0409 e. The van der Waals surface area contributed by atoms with Crippen LogP contribution in [0.25, 0.3) is 0 Å². The Balaban J connectivity index is 2.48. The first-order valence-corrected chi connectivity index (χ1v) is 6.72. The van der Waals surface area contributed by atoms with Crippen LogP contribution >= 0.6 is 11.6 Å². The largest absolute Gasteiger partial charge is 0.309 e. The number of halogens is 1. The van der Waals surface area contributed by atoms with E-state index in [1.54, 1.807) is 0 Å². The Bertz CT molecular complexity index is 328. The first kappa shape index (κ1) is 14.5. The SMILES string of the molecule is CCC(NCCN(C)CC)c1cccc(Cl)c1. The van der Waals surface area contributed by atoms with E-state index in [1.807, 2.05) is 18.2 Å². The van der Waals surface area contributed by atoms with E-state index in [0.29, 0.717) is 6.04 Å². The van der Waals surface area contributed by atoms with Gasteiger partial charge in [-0.25, -0.2) is 0 Å². The van der Waals surface area contributed by atoms with E-state index in [4.69, 9.17) is 11.6 Å². The van der Waals surface area contributed by atoms with Crippen molar-refractivity contribution >= 4 is 11.6 Å². The summed E-state index contributed by atoms with van der Waals surface area (Å²) in [6.07, 6.45) is 1.08. The summed E-state index contributed by atoms with van der Waals surface area (Å²) in [7, 11) is 2.14. The second-order valence-corrected chi connectivity index (χ2v) is 4.80. The van der Waals surface area contributed by atoms with Crippen molar-refractivity contribution in [2.45, 2.75) is 26.3 Å². The molecule has 0 heterocycles. The lowest BCUT2D eigenvalue weighted by Crippen LogP contribution is -2.31. The zero-order valence-electron chi connectivity index (χ0n) is 11.0. The Morgan fingerprint density at radius 3 is 2.71 bits per heavy atom. The Morgan fingerprint density at radius 1 is 1.35 bits per heavy atom. The molecule has 96 valence electrons. The zero-order chi connectivity index (χ0) is 12.7. The van der Waals surface area contributed by atoms with Crippen molar-refractivity contribution in [1.82, 2.24) is 10.2 Å². The van der Waals surface area contributed by atoms with Gasteiger partial charge in [0.2, 0.25) is 0 Å². The molecule has 0 aliphatic carbocycles. The summed E-state index contributed by atoms with van der Waals surface area (Å²) in [6.45, 7) is 7.55. The molecule has 0 aromatic heterocycles. The minimum atomic E-state index is 0.402. The molecular formula is C14H23ClN2. The highest BCUT2D eigenvalue weighted by Crippen LogP contribution is 2.19. The molecule has 0 radical (unpaired) electrons. The molecule has 1 atom stereocenters. The van der Waals surface area contributed by atoms with Crippen LogP contribution in [0.2, 0.25) is 5.02 Å². The van der Waals surface area contributed by atoms with Crippen molar-refractivity contribution in [1.29, 1.82) is 0 Å². The molecule has 17 heavy (non-hydrogen) atoms. The number of rotatable bonds is 7. The van der Waals surface area contributed by atoms with Gasteiger partial charge in [-0.3, -0.25) is 0 Å². The van der Waals surface area contributed by atoms with Gasteiger partial charge in [0.15, 0.2) is 0 Å². The predicted octanol–water partition coefficient (Wildman–Crippen LogP) is 3.33. The molecule has 0 aliphatic rings. The molecule has 2 nitrogen and oxygen atoms in total. The number of nitrogens with one attached hydrogen (secondary N) is 1. The molecule has 0 saturated heterocycles. The van der Waals surface area contributed by atoms with E-state index in [2.05, 4.69) is 37.2 Å². The van der Waals surface area contributed by atoms with Gasteiger partial charge in [-0.2, -0.15) is 0 Å². The van der Waals surface area contributed by atoms with E-state index in [-0.39, 0.29) is 0 Å². The third kappa shape index (κ3) is 5.07. The van der Waals surface area contributed by atoms with Crippen LogP contribution in [0.4, 0.5) is 0 Å². The minimum absolute atomic E-state index is 0.402. The fraction of sp³-hybridized carbons (Fsp3) is 0.571. The topological polar surface area (TPSA) is 15.3 Å². The van der Waals surface area contributed by atoms with Crippen molar-refractivity contribution in [2.75, 3.05) is 26.7 Å². The van der Waals surface area contributed by atoms with E-state index in [1.165, 1.54) is 5.56 Å². The standard InChI is InChI=1S/C14H23ClN2/c1-4-14(16-9-10-17(3)5-2)12-7-6-8-13(15)11-12/h6-8,11,14,16H,4-5,9-10H2,1-3H3. The summed E-state index contributed by atoms with van der Waals surface area (Å²) in [4.78, 5) is 2.30. The summed E-state index contributed by atoms with van der Waals surface area (Å²) >= 11 is 6.02. The van der Waals surface area contributed by atoms with Crippen molar-refractivity contribution in [3.05, 3.63) is 34.9 Å². The molecule has 1 N–H and O–H groups in total. The molecule has 3 heteroatoms. The summed E-state index contributed by atoms with van der Waals surface area (Å²) in [5.74, 6) is 0. The predicted molar refractivity (Wildman–Crippen MR) is 75.7 cm³/mol. The van der Waals surface area contributed by atoms with Crippen LogP contribution in [-0.4, -0.2) is 31.6 Å². The first-order valence-electron chi connectivity index (χ1n) is 6.34. The average Bonchev–Trinajstić information content (AvgIpc) is 2.34. The molecule has 1 unspecified atom stereocenters. The molecule has 0 aliphatic heterocycles. The molecule has 0 amide bonds. The fourth-order valence-electron chi connectivity index (χ4n) is 1.81. The summed E-state index contributed by atoms with van der Waals surface area (Å²) in [6, 6.07) is 8.52. The number of likely N-dealkylation sites (N-methyl/N-ethyl adjacent to an activating group) is 1. The highest BCUT2D eigenvalue weighted by atomic mass is 35.5. The Morgan fingerprint density at radius 2 is 2.12 bits per heavy atom. The lowest BCUT2D eigenvalue weighted by Gasteiger charge is -2.20. The Hall–Kier alpha value is -0.570. The van der Waals surface area contributed by atoms with Gasteiger partial charge in [0.1, 0.15) is 0 Å². The maximum absolute atomic E-state index is 6.02. The van der Waals surface area contributed by atoms with Crippen LogP contribution < -0.4 is 5.32 Å². The monoisotopic (exact) mass is 254 g/mol. The molecule has 0 fully saturated rings. The molecule has 0 bridgehead atoms. The van der Waals surface area contributed by atoms with Crippen LogP contribution in [0, 0.1) is 0 Å². The Kier molecular flexibility index (Phi) is 6.56. The number of hydrogen-bond donors (Lipinski definition) is 1. The van der Waals surface area contributed by atoms with Crippen LogP contribution in [0.1, 0.15) is 31.9 Å². The lowest BCUT2D eigenvalue weighted by atomic mass is 10.0. The second-order valence-electron chi connectivity index (χ2n) is 4.37. The highest BCUT2D eigenvalue weighted by molar-refractivity contribution is 6.30. The molecular weight excluding hydrogens is 232 g/mol. The second kappa shape index (κ2) is 7.70. The third-order valence-corrected chi connectivity index (χ3v) is 3.32. The number of benzene rings is 1. The van der Waals surface area contributed by atoms with Crippen LogP contribution in [0.15, 0.2) is 24.3 Å². The van der Waals surface area contributed by atoms with Gasteiger partial charge in [-0.05, 0) is 37.7 Å². The van der Waals surface area contributed by atoms with Gasteiger partial charge >= 0.3 is 0 Å². The van der Waals surface area contributed by atoms with Crippen molar-refractivity contribution in [2.24, 2.45) is 0 Å². The van der Waals surface area contributed by atoms with E-state index in [9.17, 15) is 0 Å². The van der Waals surface area contributed by atoms with E-state index in [0.717, 1.165) is 31.1 Å². The first-order chi connectivity index (χ1) is 8.17. The highest BCUT2D eigenvalue weighted by Gasteiger charge is 2.08. The van der Waals surface area contributed by atoms with Crippen molar-refractivity contribution < 1.29 is 0 Å². The van der Waals surface area contributed by atoms with Crippen LogP contribution in [-0.2, 0) is 0 Å².